The van der Waals surface area contributed by atoms with Gasteiger partial charge in [-0.15, -0.1) is 0 Å². The predicted octanol–water partition coefficient (Wildman–Crippen LogP) is 2.80. The fraction of sp³-hybridized carbons (Fsp3) is 0.350. The summed E-state index contributed by atoms with van der Waals surface area (Å²) in [5.74, 6) is 1.78. The van der Waals surface area contributed by atoms with Gasteiger partial charge in [-0.2, -0.15) is 0 Å². The Labute approximate surface area is 153 Å². The quantitative estimate of drug-likeness (QED) is 0.722. The molecule has 0 spiro atoms. The molecule has 6 heteroatoms. The number of hydrogen-bond donors (Lipinski definition) is 0. The minimum atomic E-state index is 0.756. The second kappa shape index (κ2) is 7.25. The predicted molar refractivity (Wildman–Crippen MR) is 101 cm³/mol. The third-order valence-corrected chi connectivity index (χ3v) is 4.84. The van der Waals surface area contributed by atoms with E-state index >= 15 is 0 Å². The normalized spacial score (nSPS) is 14.7. The second-order valence-corrected chi connectivity index (χ2v) is 6.82. The Morgan fingerprint density at radius 1 is 1.12 bits per heavy atom. The number of aromatic nitrogens is 3. The number of likely N-dealkylation sites (N-methyl/N-ethyl adjacent to an activating group) is 1. The van der Waals surface area contributed by atoms with Gasteiger partial charge in [-0.3, -0.25) is 4.98 Å². The van der Waals surface area contributed by atoms with E-state index in [1.165, 1.54) is 5.56 Å². The van der Waals surface area contributed by atoms with E-state index in [4.69, 9.17) is 14.4 Å². The van der Waals surface area contributed by atoms with E-state index in [-0.39, 0.29) is 0 Å². The van der Waals surface area contributed by atoms with Crippen LogP contribution in [0.25, 0.3) is 11.4 Å². The van der Waals surface area contributed by atoms with Crippen molar-refractivity contribution in [1.29, 1.82) is 0 Å². The van der Waals surface area contributed by atoms with Crippen LogP contribution in [0.2, 0.25) is 0 Å². The molecule has 0 fully saturated rings. The molecule has 134 valence electrons. The Hall–Kier alpha value is -2.73. The number of rotatable bonds is 4. The van der Waals surface area contributed by atoms with Gasteiger partial charge in [0.05, 0.1) is 18.2 Å². The zero-order valence-corrected chi connectivity index (χ0v) is 15.2. The molecule has 4 heterocycles. The molecular weight excluding hydrogens is 326 g/mol. The average Bonchev–Trinajstić information content (AvgIpc) is 3.10. The van der Waals surface area contributed by atoms with Crippen molar-refractivity contribution in [1.82, 2.24) is 19.9 Å². The molecule has 0 radical (unpaired) electrons. The van der Waals surface area contributed by atoms with Crippen LogP contribution in [0.5, 0.6) is 0 Å². The van der Waals surface area contributed by atoms with Crippen LogP contribution in [-0.2, 0) is 19.4 Å². The minimum absolute atomic E-state index is 0.756. The summed E-state index contributed by atoms with van der Waals surface area (Å²) in [6, 6.07) is 5.92. The molecule has 3 aromatic rings. The van der Waals surface area contributed by atoms with E-state index in [2.05, 4.69) is 28.9 Å². The Kier molecular flexibility index (Phi) is 4.67. The molecule has 0 amide bonds. The summed E-state index contributed by atoms with van der Waals surface area (Å²) in [6.07, 6.45) is 8.97. The van der Waals surface area contributed by atoms with Crippen molar-refractivity contribution in [2.45, 2.75) is 19.4 Å². The highest BCUT2D eigenvalue weighted by Crippen LogP contribution is 2.28. The van der Waals surface area contributed by atoms with Crippen molar-refractivity contribution in [3.63, 3.8) is 0 Å². The molecular formula is C20H23N5O. The maximum atomic E-state index is 5.22. The lowest BCUT2D eigenvalue weighted by molar-refractivity contribution is 0.352. The largest absolute Gasteiger partial charge is 0.472 e. The Morgan fingerprint density at radius 2 is 1.92 bits per heavy atom. The molecule has 0 aliphatic carbocycles. The van der Waals surface area contributed by atoms with Crippen molar-refractivity contribution >= 4 is 5.82 Å². The monoisotopic (exact) mass is 349 g/mol. The molecule has 26 heavy (non-hydrogen) atoms. The standard InChI is InChI=1S/C20H23N5O/c1-24-10-5-17-18(6-11-24)22-19(16-3-8-21-9-4-16)23-20(17)25(2)13-15-7-12-26-14-15/h3-4,7-9,12,14H,5-6,10-11,13H2,1-2H3. The summed E-state index contributed by atoms with van der Waals surface area (Å²) < 4.78 is 5.22. The van der Waals surface area contributed by atoms with Crippen molar-refractivity contribution in [3.8, 4) is 11.4 Å². The molecule has 1 aliphatic heterocycles. The van der Waals surface area contributed by atoms with Gasteiger partial charge in [0.1, 0.15) is 5.82 Å². The smallest absolute Gasteiger partial charge is 0.161 e. The molecule has 0 bridgehead atoms. The highest BCUT2D eigenvalue weighted by Gasteiger charge is 2.21. The molecule has 0 aromatic carbocycles. The van der Waals surface area contributed by atoms with Crippen LogP contribution in [0, 0.1) is 0 Å². The third-order valence-electron chi connectivity index (χ3n) is 4.84. The van der Waals surface area contributed by atoms with Crippen LogP contribution in [0.3, 0.4) is 0 Å². The molecule has 0 saturated heterocycles. The lowest BCUT2D eigenvalue weighted by Crippen LogP contribution is -2.22. The van der Waals surface area contributed by atoms with E-state index in [0.29, 0.717) is 0 Å². The van der Waals surface area contributed by atoms with E-state index in [0.717, 1.165) is 60.9 Å². The number of fused-ring (bicyclic) bond motifs is 1. The van der Waals surface area contributed by atoms with E-state index in [1.54, 1.807) is 24.9 Å². The number of hydrogen-bond acceptors (Lipinski definition) is 6. The Balaban J connectivity index is 1.77. The maximum absolute atomic E-state index is 5.22. The van der Waals surface area contributed by atoms with Crippen molar-refractivity contribution in [2.24, 2.45) is 0 Å². The van der Waals surface area contributed by atoms with Crippen LogP contribution in [0.4, 0.5) is 5.82 Å². The van der Waals surface area contributed by atoms with Gasteiger partial charge in [-0.1, -0.05) is 0 Å². The minimum Gasteiger partial charge on any atom is -0.472 e. The summed E-state index contributed by atoms with van der Waals surface area (Å²) in [6.45, 7) is 2.80. The van der Waals surface area contributed by atoms with Crippen molar-refractivity contribution in [3.05, 3.63) is 59.9 Å². The van der Waals surface area contributed by atoms with Gasteiger partial charge < -0.3 is 14.2 Å². The van der Waals surface area contributed by atoms with Gasteiger partial charge in [-0.25, -0.2) is 9.97 Å². The van der Waals surface area contributed by atoms with Gasteiger partial charge >= 0.3 is 0 Å². The molecule has 4 rings (SSSR count). The maximum Gasteiger partial charge on any atom is 0.161 e. The van der Waals surface area contributed by atoms with Crippen molar-refractivity contribution < 1.29 is 4.42 Å². The van der Waals surface area contributed by atoms with Gasteiger partial charge in [0, 0.05) is 62.2 Å². The first kappa shape index (κ1) is 16.7. The highest BCUT2D eigenvalue weighted by atomic mass is 16.3. The topological polar surface area (TPSA) is 58.3 Å². The molecule has 0 N–H and O–H groups in total. The van der Waals surface area contributed by atoms with Crippen LogP contribution in [0.1, 0.15) is 16.8 Å². The number of nitrogens with zero attached hydrogens (tertiary/aromatic N) is 5. The lowest BCUT2D eigenvalue weighted by atomic mass is 10.1. The molecule has 0 saturated carbocycles. The average molecular weight is 349 g/mol. The summed E-state index contributed by atoms with van der Waals surface area (Å²) in [7, 11) is 4.25. The van der Waals surface area contributed by atoms with Crippen molar-refractivity contribution in [2.75, 3.05) is 32.1 Å². The van der Waals surface area contributed by atoms with Gasteiger partial charge in [0.25, 0.3) is 0 Å². The first-order valence-electron chi connectivity index (χ1n) is 8.91. The van der Waals surface area contributed by atoms with Gasteiger partial charge in [0.15, 0.2) is 5.82 Å². The van der Waals surface area contributed by atoms with Gasteiger partial charge in [0.2, 0.25) is 0 Å². The first-order chi connectivity index (χ1) is 12.7. The SMILES string of the molecule is CN1CCc2nc(-c3ccncc3)nc(N(C)Cc3ccoc3)c2CC1. The Bertz CT molecular complexity index is 863. The fourth-order valence-corrected chi connectivity index (χ4v) is 3.37. The summed E-state index contributed by atoms with van der Waals surface area (Å²) in [4.78, 5) is 18.5. The molecule has 0 unspecified atom stereocenters. The van der Waals surface area contributed by atoms with E-state index in [1.807, 2.05) is 18.2 Å². The number of pyridine rings is 1. The summed E-state index contributed by atoms with van der Waals surface area (Å²) in [5, 5.41) is 0. The van der Waals surface area contributed by atoms with Crippen LogP contribution >= 0.6 is 0 Å². The Morgan fingerprint density at radius 3 is 2.69 bits per heavy atom. The molecule has 1 aliphatic rings. The second-order valence-electron chi connectivity index (χ2n) is 6.82. The fourth-order valence-electron chi connectivity index (χ4n) is 3.37. The zero-order valence-electron chi connectivity index (χ0n) is 15.2. The first-order valence-corrected chi connectivity index (χ1v) is 8.91. The van der Waals surface area contributed by atoms with Gasteiger partial charge in [-0.05, 0) is 31.7 Å². The molecule has 3 aromatic heterocycles. The summed E-state index contributed by atoms with van der Waals surface area (Å²) >= 11 is 0. The van der Waals surface area contributed by atoms with Crippen LogP contribution in [-0.4, -0.2) is 47.0 Å². The zero-order chi connectivity index (χ0) is 17.9. The number of furan rings is 1. The molecule has 6 nitrogen and oxygen atoms in total. The van der Waals surface area contributed by atoms with Crippen LogP contribution < -0.4 is 4.90 Å². The number of anilines is 1. The third kappa shape index (κ3) is 3.46. The van der Waals surface area contributed by atoms with E-state index in [9.17, 15) is 0 Å². The van der Waals surface area contributed by atoms with E-state index < -0.39 is 0 Å². The summed E-state index contributed by atoms with van der Waals surface area (Å²) in [5.41, 5.74) is 4.55. The highest BCUT2D eigenvalue weighted by molar-refractivity contribution is 5.60. The lowest BCUT2D eigenvalue weighted by Gasteiger charge is -2.22. The molecule has 0 atom stereocenters. The van der Waals surface area contributed by atoms with Crippen LogP contribution in [0.15, 0.2) is 47.5 Å².